The van der Waals surface area contributed by atoms with Crippen LogP contribution in [0, 0.1) is 20.8 Å². The summed E-state index contributed by atoms with van der Waals surface area (Å²) in [5.74, 6) is 0.512. The van der Waals surface area contributed by atoms with E-state index in [0.717, 1.165) is 28.0 Å². The maximum absolute atomic E-state index is 11.6. The molecule has 0 bridgehead atoms. The van der Waals surface area contributed by atoms with Crippen LogP contribution < -0.4 is 10.5 Å². The van der Waals surface area contributed by atoms with Crippen LogP contribution in [0.5, 0.6) is 5.75 Å². The Hall–Kier alpha value is -1.55. The van der Waals surface area contributed by atoms with Crippen LogP contribution >= 0.6 is 0 Å². The number of methoxy groups -OCH3 is 1. The van der Waals surface area contributed by atoms with E-state index >= 15 is 0 Å². The summed E-state index contributed by atoms with van der Waals surface area (Å²) in [4.78, 5) is 11.6. The van der Waals surface area contributed by atoms with Crippen molar-refractivity contribution >= 4 is 5.97 Å². The first-order valence-corrected chi connectivity index (χ1v) is 6.48. The van der Waals surface area contributed by atoms with Crippen LogP contribution in [0.15, 0.2) is 6.07 Å². The van der Waals surface area contributed by atoms with Gasteiger partial charge in [-0.05, 0) is 62.4 Å². The highest BCUT2D eigenvalue weighted by Gasteiger charge is 2.19. The van der Waals surface area contributed by atoms with Crippen molar-refractivity contribution in [3.8, 4) is 5.75 Å². The molecule has 1 aromatic carbocycles. The molecule has 0 spiro atoms. The molecule has 0 saturated heterocycles. The minimum atomic E-state index is -0.620. The lowest BCUT2D eigenvalue weighted by atomic mass is 9.93. The second-order valence-electron chi connectivity index (χ2n) is 4.69. The number of ether oxygens (including phenoxy) is 2. The third-order valence-electron chi connectivity index (χ3n) is 3.44. The zero-order chi connectivity index (χ0) is 14.6. The molecule has 0 heterocycles. The van der Waals surface area contributed by atoms with E-state index in [-0.39, 0.29) is 5.97 Å². The Balaban J connectivity index is 3.02. The first-order chi connectivity index (χ1) is 8.92. The number of aryl methyl sites for hydroxylation is 1. The fraction of sp³-hybridized carbons (Fsp3) is 0.533. The second kappa shape index (κ2) is 6.57. The summed E-state index contributed by atoms with van der Waals surface area (Å²) in [6.07, 6.45) is 0.487. The van der Waals surface area contributed by atoms with Gasteiger partial charge in [-0.1, -0.05) is 0 Å². The van der Waals surface area contributed by atoms with Gasteiger partial charge in [0.25, 0.3) is 0 Å². The highest BCUT2D eigenvalue weighted by molar-refractivity contribution is 5.76. The number of hydrogen-bond donors (Lipinski definition) is 1. The zero-order valence-electron chi connectivity index (χ0n) is 12.4. The number of carbonyl (C=O) groups excluding carboxylic acids is 1. The maximum atomic E-state index is 11.6. The van der Waals surface area contributed by atoms with Gasteiger partial charge in [0.05, 0.1) is 13.7 Å². The summed E-state index contributed by atoms with van der Waals surface area (Å²) in [7, 11) is 1.66. The third-order valence-corrected chi connectivity index (χ3v) is 3.44. The third kappa shape index (κ3) is 3.47. The average molecular weight is 265 g/mol. The van der Waals surface area contributed by atoms with Gasteiger partial charge < -0.3 is 15.2 Å². The van der Waals surface area contributed by atoms with Gasteiger partial charge in [-0.15, -0.1) is 0 Å². The number of esters is 1. The molecule has 0 aliphatic heterocycles. The van der Waals surface area contributed by atoms with E-state index in [4.69, 9.17) is 15.2 Å². The lowest BCUT2D eigenvalue weighted by molar-refractivity contribution is -0.144. The molecule has 1 atom stereocenters. The summed E-state index contributed by atoms with van der Waals surface area (Å²) >= 11 is 0. The van der Waals surface area contributed by atoms with Crippen LogP contribution in [0.25, 0.3) is 0 Å². The van der Waals surface area contributed by atoms with Crippen molar-refractivity contribution in [3.63, 3.8) is 0 Å². The fourth-order valence-electron chi connectivity index (χ4n) is 2.18. The predicted molar refractivity (Wildman–Crippen MR) is 75.5 cm³/mol. The molecule has 0 amide bonds. The van der Waals surface area contributed by atoms with Crippen molar-refractivity contribution < 1.29 is 14.3 Å². The Morgan fingerprint density at radius 3 is 2.47 bits per heavy atom. The van der Waals surface area contributed by atoms with Crippen LogP contribution in [-0.4, -0.2) is 25.7 Å². The summed E-state index contributed by atoms with van der Waals surface area (Å²) in [5, 5.41) is 0. The largest absolute Gasteiger partial charge is 0.496 e. The van der Waals surface area contributed by atoms with E-state index in [2.05, 4.69) is 0 Å². The van der Waals surface area contributed by atoms with E-state index < -0.39 is 6.04 Å². The first kappa shape index (κ1) is 15.5. The van der Waals surface area contributed by atoms with Crippen molar-refractivity contribution in [2.45, 2.75) is 40.2 Å². The van der Waals surface area contributed by atoms with Crippen molar-refractivity contribution in [3.05, 3.63) is 28.3 Å². The molecule has 0 fully saturated rings. The Morgan fingerprint density at radius 1 is 1.32 bits per heavy atom. The van der Waals surface area contributed by atoms with Crippen molar-refractivity contribution in [1.29, 1.82) is 0 Å². The summed E-state index contributed by atoms with van der Waals surface area (Å²) in [6.45, 7) is 8.16. The molecule has 0 aromatic heterocycles. The van der Waals surface area contributed by atoms with Gasteiger partial charge >= 0.3 is 5.97 Å². The van der Waals surface area contributed by atoms with Crippen molar-refractivity contribution in [2.24, 2.45) is 5.73 Å². The molecule has 2 N–H and O–H groups in total. The molecule has 0 saturated carbocycles. The molecule has 0 aliphatic rings. The first-order valence-electron chi connectivity index (χ1n) is 6.48. The van der Waals surface area contributed by atoms with Gasteiger partial charge in [-0.3, -0.25) is 4.79 Å². The molecule has 1 aromatic rings. The molecule has 1 rings (SSSR count). The van der Waals surface area contributed by atoms with Crippen LogP contribution in [-0.2, 0) is 16.0 Å². The number of benzene rings is 1. The maximum Gasteiger partial charge on any atom is 0.323 e. The Kier molecular flexibility index (Phi) is 5.36. The minimum absolute atomic E-state index is 0.352. The topological polar surface area (TPSA) is 61.5 Å². The summed E-state index contributed by atoms with van der Waals surface area (Å²) < 4.78 is 10.3. The molecule has 4 heteroatoms. The molecule has 1 unspecified atom stereocenters. The Morgan fingerprint density at radius 2 is 1.95 bits per heavy atom. The second-order valence-corrected chi connectivity index (χ2v) is 4.69. The van der Waals surface area contributed by atoms with Crippen LogP contribution in [0.3, 0.4) is 0 Å². The summed E-state index contributed by atoms with van der Waals surface area (Å²) in [6, 6.07) is 1.36. The smallest absolute Gasteiger partial charge is 0.323 e. The van der Waals surface area contributed by atoms with Crippen LogP contribution in [0.4, 0.5) is 0 Å². The van der Waals surface area contributed by atoms with E-state index in [1.807, 2.05) is 26.8 Å². The molecule has 19 heavy (non-hydrogen) atoms. The van der Waals surface area contributed by atoms with Gasteiger partial charge in [-0.2, -0.15) is 0 Å². The van der Waals surface area contributed by atoms with E-state index in [9.17, 15) is 4.79 Å². The molecule has 0 radical (unpaired) electrons. The Labute approximate surface area is 114 Å². The van der Waals surface area contributed by atoms with Gasteiger partial charge in [-0.25, -0.2) is 0 Å². The number of carbonyl (C=O) groups is 1. The lowest BCUT2D eigenvalue weighted by Gasteiger charge is -2.18. The number of rotatable bonds is 5. The summed E-state index contributed by atoms with van der Waals surface area (Å²) in [5.41, 5.74) is 10.3. The normalized spacial score (nSPS) is 12.1. The highest BCUT2D eigenvalue weighted by atomic mass is 16.5. The van der Waals surface area contributed by atoms with E-state index in [1.54, 1.807) is 14.0 Å². The molecule has 0 aliphatic carbocycles. The monoisotopic (exact) mass is 265 g/mol. The van der Waals surface area contributed by atoms with Crippen LogP contribution in [0.1, 0.15) is 29.2 Å². The number of hydrogen-bond acceptors (Lipinski definition) is 4. The SMILES string of the molecule is CCOC(=O)C(N)Cc1c(C)cc(OC)c(C)c1C. The lowest BCUT2D eigenvalue weighted by Crippen LogP contribution is -2.34. The van der Waals surface area contributed by atoms with Crippen LogP contribution in [0.2, 0.25) is 0 Å². The van der Waals surface area contributed by atoms with E-state index in [0.29, 0.717) is 13.0 Å². The van der Waals surface area contributed by atoms with Crippen molar-refractivity contribution in [2.75, 3.05) is 13.7 Å². The molecule has 4 nitrogen and oxygen atoms in total. The van der Waals surface area contributed by atoms with Gasteiger partial charge in [0.15, 0.2) is 0 Å². The Bertz CT molecular complexity index is 469. The average Bonchev–Trinajstić information content (AvgIpc) is 2.38. The van der Waals surface area contributed by atoms with Crippen molar-refractivity contribution in [1.82, 2.24) is 0 Å². The fourth-order valence-corrected chi connectivity index (χ4v) is 2.18. The quantitative estimate of drug-likeness (QED) is 0.828. The highest BCUT2D eigenvalue weighted by Crippen LogP contribution is 2.28. The van der Waals surface area contributed by atoms with Gasteiger partial charge in [0.2, 0.25) is 0 Å². The number of nitrogens with two attached hydrogens (primary N) is 1. The predicted octanol–water partition coefficient (Wildman–Crippen LogP) is 2.05. The van der Waals surface area contributed by atoms with Gasteiger partial charge in [0, 0.05) is 0 Å². The molecular formula is C15H23NO3. The zero-order valence-corrected chi connectivity index (χ0v) is 12.4. The molecule has 106 valence electrons. The van der Waals surface area contributed by atoms with E-state index in [1.165, 1.54) is 0 Å². The standard InChI is InChI=1S/C15H23NO3/c1-6-19-15(17)13(16)8-12-9(2)7-14(18-5)11(4)10(12)3/h7,13H,6,8,16H2,1-5H3. The van der Waals surface area contributed by atoms with Gasteiger partial charge in [0.1, 0.15) is 11.8 Å². The minimum Gasteiger partial charge on any atom is -0.496 e. The molecular weight excluding hydrogens is 242 g/mol.